The lowest BCUT2D eigenvalue weighted by molar-refractivity contribution is -0.139. The average Bonchev–Trinajstić information content (AvgIpc) is 3.22. The SMILES string of the molecule is Cc1cc(C(=O)C=Cc2sc(-c3ccc(C(F)(F)F)cc3)nc2C(C)C)c(O)cc1OCC(=O)O. The Labute approximate surface area is 203 Å². The minimum atomic E-state index is -4.43. The van der Waals surface area contributed by atoms with Gasteiger partial charge in [-0.2, -0.15) is 13.2 Å². The Balaban J connectivity index is 1.87. The van der Waals surface area contributed by atoms with Crippen molar-refractivity contribution < 1.29 is 37.7 Å². The molecule has 0 spiro atoms. The molecule has 0 aliphatic carbocycles. The molecule has 6 nitrogen and oxygen atoms in total. The van der Waals surface area contributed by atoms with Crippen molar-refractivity contribution in [1.29, 1.82) is 0 Å². The number of aromatic nitrogens is 1. The summed E-state index contributed by atoms with van der Waals surface area (Å²) in [5.41, 5.74) is 0.959. The molecule has 0 saturated carbocycles. The summed E-state index contributed by atoms with van der Waals surface area (Å²) in [4.78, 5) is 28.7. The van der Waals surface area contributed by atoms with Crippen molar-refractivity contribution in [3.05, 3.63) is 69.7 Å². The molecule has 3 rings (SSSR count). The van der Waals surface area contributed by atoms with Gasteiger partial charge in [0.15, 0.2) is 12.4 Å². The first-order valence-corrected chi connectivity index (χ1v) is 11.3. The molecule has 0 aliphatic heterocycles. The number of aliphatic carboxylic acids is 1. The molecule has 2 N–H and O–H groups in total. The predicted octanol–water partition coefficient (Wildman–Crippen LogP) is 6.33. The summed E-state index contributed by atoms with van der Waals surface area (Å²) in [6.07, 6.45) is -1.59. The Hall–Kier alpha value is -3.66. The number of hydrogen-bond acceptors (Lipinski definition) is 6. The number of phenolic OH excluding ortho intramolecular Hbond substituents is 1. The van der Waals surface area contributed by atoms with E-state index in [1.165, 1.54) is 41.7 Å². The van der Waals surface area contributed by atoms with E-state index in [0.717, 1.165) is 12.1 Å². The van der Waals surface area contributed by atoms with Crippen molar-refractivity contribution in [3.63, 3.8) is 0 Å². The molecule has 0 aliphatic rings. The summed E-state index contributed by atoms with van der Waals surface area (Å²) in [6, 6.07) is 7.31. The van der Waals surface area contributed by atoms with Gasteiger partial charge in [-0.25, -0.2) is 9.78 Å². The monoisotopic (exact) mass is 505 g/mol. The molecular weight excluding hydrogens is 483 g/mol. The van der Waals surface area contributed by atoms with E-state index < -0.39 is 30.1 Å². The highest BCUT2D eigenvalue weighted by molar-refractivity contribution is 7.16. The summed E-state index contributed by atoms with van der Waals surface area (Å²) < 4.78 is 43.7. The number of alkyl halides is 3. The van der Waals surface area contributed by atoms with Crippen LogP contribution in [0.25, 0.3) is 16.6 Å². The van der Waals surface area contributed by atoms with Crippen LogP contribution >= 0.6 is 11.3 Å². The highest BCUT2D eigenvalue weighted by Gasteiger charge is 2.30. The molecule has 184 valence electrons. The van der Waals surface area contributed by atoms with E-state index in [4.69, 9.17) is 9.84 Å². The van der Waals surface area contributed by atoms with Gasteiger partial charge < -0.3 is 14.9 Å². The molecule has 1 heterocycles. The van der Waals surface area contributed by atoms with Crippen LogP contribution in [0, 0.1) is 6.92 Å². The van der Waals surface area contributed by atoms with Crippen molar-refractivity contribution in [2.75, 3.05) is 6.61 Å². The first-order chi connectivity index (χ1) is 16.4. The molecule has 0 bridgehead atoms. The normalized spacial score (nSPS) is 11.9. The number of carboxylic acid groups (broad SMARTS) is 1. The fraction of sp³-hybridized carbons (Fsp3) is 0.240. The molecular formula is C25H22F3NO5S. The third kappa shape index (κ3) is 6.27. The molecule has 0 atom stereocenters. The van der Waals surface area contributed by atoms with Gasteiger partial charge in [0.05, 0.1) is 21.7 Å². The average molecular weight is 506 g/mol. The molecule has 10 heteroatoms. The van der Waals surface area contributed by atoms with Crippen molar-refractivity contribution in [2.45, 2.75) is 32.9 Å². The van der Waals surface area contributed by atoms with Gasteiger partial charge in [-0.3, -0.25) is 4.79 Å². The number of hydrogen-bond donors (Lipinski definition) is 2. The Morgan fingerprint density at radius 2 is 1.83 bits per heavy atom. The number of thiazole rings is 1. The van der Waals surface area contributed by atoms with Gasteiger partial charge in [-0.15, -0.1) is 11.3 Å². The largest absolute Gasteiger partial charge is 0.507 e. The molecule has 35 heavy (non-hydrogen) atoms. The standard InChI is InChI=1S/C25H22F3NO5S/c1-13(2)23-21(35-24(29-23)15-4-6-16(7-5-15)25(26,27)28)9-8-18(30)17-10-14(3)20(11-19(17)31)34-12-22(32)33/h4-11,13,31H,12H2,1-3H3,(H,32,33). The number of rotatable bonds is 8. The zero-order valence-corrected chi connectivity index (χ0v) is 19.8. The zero-order chi connectivity index (χ0) is 25.9. The number of nitrogens with zero attached hydrogens (tertiary/aromatic N) is 1. The highest BCUT2D eigenvalue weighted by atomic mass is 32.1. The number of ketones is 1. The third-order valence-electron chi connectivity index (χ3n) is 4.98. The molecule has 3 aromatic rings. The van der Waals surface area contributed by atoms with E-state index in [9.17, 15) is 27.9 Å². The van der Waals surface area contributed by atoms with Crippen molar-refractivity contribution in [2.24, 2.45) is 0 Å². The van der Waals surface area contributed by atoms with Crippen LogP contribution in [0.3, 0.4) is 0 Å². The maximum atomic E-state index is 12.9. The fourth-order valence-electron chi connectivity index (χ4n) is 3.21. The molecule has 0 radical (unpaired) electrons. The molecule has 0 fully saturated rings. The molecule has 0 amide bonds. The number of ether oxygens (including phenoxy) is 1. The number of phenols is 1. The van der Waals surface area contributed by atoms with Crippen LogP contribution in [-0.2, 0) is 11.0 Å². The van der Waals surface area contributed by atoms with E-state index in [1.54, 1.807) is 13.0 Å². The van der Waals surface area contributed by atoms with Gasteiger partial charge in [-0.1, -0.05) is 26.0 Å². The van der Waals surface area contributed by atoms with Gasteiger partial charge in [0, 0.05) is 11.6 Å². The highest BCUT2D eigenvalue weighted by Crippen LogP contribution is 2.35. The number of carbonyl (C=O) groups excluding carboxylic acids is 1. The lowest BCUT2D eigenvalue weighted by Gasteiger charge is -2.10. The van der Waals surface area contributed by atoms with E-state index in [0.29, 0.717) is 26.7 Å². The van der Waals surface area contributed by atoms with Crippen LogP contribution in [0.1, 0.15) is 51.8 Å². The van der Waals surface area contributed by atoms with E-state index in [-0.39, 0.29) is 23.0 Å². The van der Waals surface area contributed by atoms with Crippen molar-refractivity contribution in [1.82, 2.24) is 4.98 Å². The Morgan fingerprint density at radius 3 is 2.40 bits per heavy atom. The van der Waals surface area contributed by atoms with Gasteiger partial charge in [0.2, 0.25) is 0 Å². The topological polar surface area (TPSA) is 96.7 Å². The van der Waals surface area contributed by atoms with Crippen LogP contribution in [0.15, 0.2) is 42.5 Å². The maximum Gasteiger partial charge on any atom is 0.416 e. The quantitative estimate of drug-likeness (QED) is 0.275. The summed E-state index contributed by atoms with van der Waals surface area (Å²) >= 11 is 1.24. The summed E-state index contributed by atoms with van der Waals surface area (Å²) in [7, 11) is 0. The lowest BCUT2D eigenvalue weighted by Crippen LogP contribution is -2.10. The van der Waals surface area contributed by atoms with Crippen LogP contribution < -0.4 is 4.74 Å². The van der Waals surface area contributed by atoms with Gasteiger partial charge in [0.25, 0.3) is 0 Å². The minimum Gasteiger partial charge on any atom is -0.507 e. The second kappa shape index (κ2) is 10.3. The van der Waals surface area contributed by atoms with E-state index in [1.807, 2.05) is 13.8 Å². The third-order valence-corrected chi connectivity index (χ3v) is 6.07. The van der Waals surface area contributed by atoms with Crippen molar-refractivity contribution >= 4 is 29.2 Å². The smallest absolute Gasteiger partial charge is 0.416 e. The number of carbonyl (C=O) groups is 2. The van der Waals surface area contributed by atoms with E-state index >= 15 is 0 Å². The van der Waals surface area contributed by atoms with Crippen LogP contribution in [-0.4, -0.2) is 33.6 Å². The Bertz CT molecular complexity index is 1280. The lowest BCUT2D eigenvalue weighted by atomic mass is 10.0. The summed E-state index contributed by atoms with van der Waals surface area (Å²) in [5, 5.41) is 19.5. The zero-order valence-electron chi connectivity index (χ0n) is 19.0. The Kier molecular flexibility index (Phi) is 7.64. The van der Waals surface area contributed by atoms with Gasteiger partial charge in [0.1, 0.15) is 16.5 Å². The molecule has 1 aromatic heterocycles. The van der Waals surface area contributed by atoms with Crippen LogP contribution in [0.4, 0.5) is 13.2 Å². The van der Waals surface area contributed by atoms with E-state index in [2.05, 4.69) is 4.98 Å². The van der Waals surface area contributed by atoms with Crippen LogP contribution in [0.5, 0.6) is 11.5 Å². The minimum absolute atomic E-state index is 0.00878. The second-order valence-electron chi connectivity index (χ2n) is 8.01. The summed E-state index contributed by atoms with van der Waals surface area (Å²) in [5.74, 6) is -1.88. The number of allylic oxidation sites excluding steroid dienone is 1. The summed E-state index contributed by atoms with van der Waals surface area (Å²) in [6.45, 7) is 4.86. The number of aryl methyl sites for hydroxylation is 1. The Morgan fingerprint density at radius 1 is 1.17 bits per heavy atom. The number of aromatic hydroxyl groups is 1. The number of halogens is 3. The van der Waals surface area contributed by atoms with Crippen LogP contribution in [0.2, 0.25) is 0 Å². The van der Waals surface area contributed by atoms with Gasteiger partial charge in [-0.05, 0) is 48.8 Å². The fourth-order valence-corrected chi connectivity index (χ4v) is 4.34. The maximum absolute atomic E-state index is 12.9. The number of benzene rings is 2. The van der Waals surface area contributed by atoms with Gasteiger partial charge >= 0.3 is 12.1 Å². The van der Waals surface area contributed by atoms with Crippen molar-refractivity contribution in [3.8, 4) is 22.1 Å². The number of carboxylic acids is 1. The molecule has 2 aromatic carbocycles. The molecule has 0 saturated heterocycles. The predicted molar refractivity (Wildman–Crippen MR) is 126 cm³/mol. The molecule has 0 unspecified atom stereocenters. The second-order valence-corrected chi connectivity index (χ2v) is 9.04. The first-order valence-electron chi connectivity index (χ1n) is 10.5. The first kappa shape index (κ1) is 26.0.